The number of piperidine rings is 1. The lowest BCUT2D eigenvalue weighted by Gasteiger charge is -2.35. The molecule has 4 heterocycles. The maximum Gasteiger partial charge on any atom is 0.336 e. The minimum atomic E-state index is -0.511. The van der Waals surface area contributed by atoms with Crippen molar-refractivity contribution in [2.75, 3.05) is 41.3 Å². The second-order valence-corrected chi connectivity index (χ2v) is 9.44. The highest BCUT2D eigenvalue weighted by Crippen LogP contribution is 2.28. The van der Waals surface area contributed by atoms with E-state index in [0.29, 0.717) is 61.7 Å². The smallest absolute Gasteiger partial charge is 0.336 e. The van der Waals surface area contributed by atoms with E-state index in [-0.39, 0.29) is 30.5 Å². The van der Waals surface area contributed by atoms with Crippen LogP contribution in [0.2, 0.25) is 0 Å². The van der Waals surface area contributed by atoms with Crippen molar-refractivity contribution >= 4 is 46.9 Å². The van der Waals surface area contributed by atoms with E-state index in [1.54, 1.807) is 6.07 Å². The second-order valence-electron chi connectivity index (χ2n) is 9.44. The van der Waals surface area contributed by atoms with Gasteiger partial charge in [0.2, 0.25) is 17.8 Å². The maximum atomic E-state index is 11.8. The molecule has 0 radical (unpaired) electrons. The number of β-amino-alcohol motifs (C(OH)–C–C–N with tert-alkyl or cyclic N) is 1. The summed E-state index contributed by atoms with van der Waals surface area (Å²) in [5, 5.41) is 14.3. The van der Waals surface area contributed by atoms with Gasteiger partial charge in [0.15, 0.2) is 0 Å². The van der Waals surface area contributed by atoms with E-state index >= 15 is 0 Å². The van der Waals surface area contributed by atoms with Crippen LogP contribution in [0.5, 0.6) is 0 Å². The highest BCUT2D eigenvalue weighted by Gasteiger charge is 2.33. The van der Waals surface area contributed by atoms with E-state index < -0.39 is 11.7 Å². The molecule has 12 nitrogen and oxygen atoms in total. The van der Waals surface area contributed by atoms with Crippen molar-refractivity contribution in [1.29, 1.82) is 0 Å². The van der Waals surface area contributed by atoms with Crippen molar-refractivity contribution in [2.45, 2.75) is 44.0 Å². The van der Waals surface area contributed by atoms with Crippen LogP contribution in [0.3, 0.4) is 0 Å². The van der Waals surface area contributed by atoms with Crippen LogP contribution in [-0.4, -0.2) is 70.5 Å². The van der Waals surface area contributed by atoms with Crippen LogP contribution in [0.25, 0.3) is 11.0 Å². The number of rotatable bonds is 5. The highest BCUT2D eigenvalue weighted by molar-refractivity contribution is 5.85. The van der Waals surface area contributed by atoms with Gasteiger partial charge >= 0.3 is 5.63 Å². The highest BCUT2D eigenvalue weighted by atomic mass is 35.5. The summed E-state index contributed by atoms with van der Waals surface area (Å²) in [6, 6.07) is 6.68. The number of aryl methyl sites for hydroxylation is 1. The van der Waals surface area contributed by atoms with Crippen LogP contribution in [0.15, 0.2) is 33.5 Å². The Kier molecular flexibility index (Phi) is 7.62. The van der Waals surface area contributed by atoms with Gasteiger partial charge < -0.3 is 41.8 Å². The fourth-order valence-corrected chi connectivity index (χ4v) is 4.91. The molecule has 13 heteroatoms. The van der Waals surface area contributed by atoms with Gasteiger partial charge in [0, 0.05) is 67.5 Å². The molecule has 2 aliphatic rings. The maximum absolute atomic E-state index is 11.8. The van der Waals surface area contributed by atoms with E-state index in [2.05, 4.69) is 15.3 Å². The first-order chi connectivity index (χ1) is 16.8. The van der Waals surface area contributed by atoms with E-state index in [9.17, 15) is 9.90 Å². The molecular weight excluding hydrogens is 486 g/mol. The number of nitrogens with one attached hydrogen (secondary N) is 1. The molecule has 0 amide bonds. The van der Waals surface area contributed by atoms with Gasteiger partial charge in [0.05, 0.1) is 6.10 Å². The molecule has 2 saturated heterocycles. The molecule has 0 aliphatic carbocycles. The number of nitrogens with two attached hydrogens (primary N) is 3. The van der Waals surface area contributed by atoms with Crippen molar-refractivity contribution in [3.05, 3.63) is 40.2 Å². The van der Waals surface area contributed by atoms with Crippen LogP contribution >= 0.6 is 12.4 Å². The van der Waals surface area contributed by atoms with Crippen molar-refractivity contribution in [3.63, 3.8) is 0 Å². The lowest BCUT2D eigenvalue weighted by Crippen LogP contribution is -2.53. The SMILES string of the molecule is Cc1cc(=O)oc2cc(Nc3nc(N4C[C@H](N)C[C@H](N)C4)nc(N4C[C@H](O)C[C@@H]4CN)n3)ccc12.Cl. The molecular formula is C23H32ClN9O3. The van der Waals surface area contributed by atoms with Gasteiger partial charge in [-0.05, 0) is 37.5 Å². The van der Waals surface area contributed by atoms with E-state index in [4.69, 9.17) is 26.6 Å². The van der Waals surface area contributed by atoms with Crippen LogP contribution in [0, 0.1) is 6.92 Å². The van der Waals surface area contributed by atoms with Crippen molar-refractivity contribution in [3.8, 4) is 0 Å². The molecule has 3 aromatic rings. The van der Waals surface area contributed by atoms with Crippen molar-refractivity contribution in [1.82, 2.24) is 15.0 Å². The molecule has 0 saturated carbocycles. The Hall–Kier alpha value is -3.03. The minimum absolute atomic E-state index is 0. The number of anilines is 4. The van der Waals surface area contributed by atoms with Crippen LogP contribution in [0.4, 0.5) is 23.5 Å². The number of aliphatic hydroxyl groups is 1. The number of hydrogen-bond acceptors (Lipinski definition) is 12. The van der Waals surface area contributed by atoms with Gasteiger partial charge in [0.1, 0.15) is 5.58 Å². The predicted molar refractivity (Wildman–Crippen MR) is 141 cm³/mol. The standard InChI is InChI=1S/C23H31N9O3.ClH/c1-12-4-20(34)35-19-6-15(2-3-18(12)19)27-21-28-22(31-9-13(25)5-14(26)10-31)30-23(29-21)32-11-17(33)7-16(32)8-24;/h2-4,6,13-14,16-17,33H,5,7-11,24-26H2,1H3,(H,27,28,29,30);1H/t13-,14+,16-,17-;/m1./s1. The average molecular weight is 518 g/mol. The molecule has 1 aromatic carbocycles. The fourth-order valence-electron chi connectivity index (χ4n) is 4.91. The first kappa shape index (κ1) is 26.0. The first-order valence-corrected chi connectivity index (χ1v) is 11.8. The zero-order valence-corrected chi connectivity index (χ0v) is 20.8. The molecule has 0 spiro atoms. The lowest BCUT2D eigenvalue weighted by atomic mass is 10.0. The third-order valence-electron chi connectivity index (χ3n) is 6.54. The molecule has 8 N–H and O–H groups in total. The van der Waals surface area contributed by atoms with Gasteiger partial charge in [-0.25, -0.2) is 4.79 Å². The zero-order valence-electron chi connectivity index (χ0n) is 20.0. The van der Waals surface area contributed by atoms with E-state index in [1.165, 1.54) is 6.07 Å². The Morgan fingerprint density at radius 2 is 1.81 bits per heavy atom. The number of nitrogens with zero attached hydrogens (tertiary/aromatic N) is 5. The number of hydrogen-bond donors (Lipinski definition) is 5. The summed E-state index contributed by atoms with van der Waals surface area (Å²) >= 11 is 0. The third kappa shape index (κ3) is 5.37. The fraction of sp³-hybridized carbons (Fsp3) is 0.478. The number of benzene rings is 1. The number of aromatic nitrogens is 3. The molecule has 0 bridgehead atoms. The van der Waals surface area contributed by atoms with Crippen LogP contribution in [-0.2, 0) is 0 Å². The largest absolute Gasteiger partial charge is 0.423 e. The lowest BCUT2D eigenvalue weighted by molar-refractivity contribution is 0.194. The summed E-state index contributed by atoms with van der Waals surface area (Å²) in [6.45, 7) is 3.75. The van der Waals surface area contributed by atoms with Gasteiger partial charge in [-0.3, -0.25) is 0 Å². The zero-order chi connectivity index (χ0) is 24.7. The van der Waals surface area contributed by atoms with Crippen molar-refractivity contribution < 1.29 is 9.52 Å². The second kappa shape index (κ2) is 10.5. The Morgan fingerprint density at radius 3 is 2.53 bits per heavy atom. The molecule has 5 rings (SSSR count). The van der Waals surface area contributed by atoms with Gasteiger partial charge in [-0.15, -0.1) is 12.4 Å². The first-order valence-electron chi connectivity index (χ1n) is 11.8. The molecule has 194 valence electrons. The molecule has 0 unspecified atom stereocenters. The normalized spacial score (nSPS) is 24.1. The number of aliphatic hydroxyl groups excluding tert-OH is 1. The Bertz CT molecular complexity index is 1280. The summed E-state index contributed by atoms with van der Waals surface area (Å²) < 4.78 is 5.37. The van der Waals surface area contributed by atoms with Gasteiger partial charge in [-0.2, -0.15) is 15.0 Å². The Morgan fingerprint density at radius 1 is 1.08 bits per heavy atom. The number of fused-ring (bicyclic) bond motifs is 1. The monoisotopic (exact) mass is 517 g/mol. The topological polar surface area (TPSA) is 186 Å². The Balaban J connectivity index is 0.00000304. The molecule has 36 heavy (non-hydrogen) atoms. The molecule has 2 aromatic heterocycles. The van der Waals surface area contributed by atoms with Gasteiger partial charge in [0.25, 0.3) is 0 Å². The van der Waals surface area contributed by atoms with Gasteiger partial charge in [-0.1, -0.05) is 0 Å². The summed E-state index contributed by atoms with van der Waals surface area (Å²) in [5.74, 6) is 1.17. The molecule has 2 fully saturated rings. The average Bonchev–Trinajstić information content (AvgIpc) is 3.18. The predicted octanol–water partition coefficient (Wildman–Crippen LogP) is 0.215. The molecule has 4 atom stereocenters. The van der Waals surface area contributed by atoms with E-state index in [0.717, 1.165) is 17.4 Å². The summed E-state index contributed by atoms with van der Waals surface area (Å²) in [6.07, 6.45) is 0.765. The summed E-state index contributed by atoms with van der Waals surface area (Å²) in [5.41, 5.74) is 19.9. The summed E-state index contributed by atoms with van der Waals surface area (Å²) in [4.78, 5) is 29.7. The summed E-state index contributed by atoms with van der Waals surface area (Å²) in [7, 11) is 0. The van der Waals surface area contributed by atoms with Crippen LogP contribution < -0.4 is 37.9 Å². The Labute approximate surface area is 214 Å². The number of halogens is 1. The van der Waals surface area contributed by atoms with Crippen LogP contribution in [0.1, 0.15) is 18.4 Å². The minimum Gasteiger partial charge on any atom is -0.423 e. The quantitative estimate of drug-likeness (QED) is 0.290. The third-order valence-corrected chi connectivity index (χ3v) is 6.54. The van der Waals surface area contributed by atoms with E-state index in [1.807, 2.05) is 28.9 Å². The molecule has 2 aliphatic heterocycles. The van der Waals surface area contributed by atoms with Crippen molar-refractivity contribution in [2.24, 2.45) is 17.2 Å².